The van der Waals surface area contributed by atoms with Crippen molar-refractivity contribution in [2.75, 3.05) is 11.9 Å². The molecular weight excluding hydrogens is 506 g/mol. The lowest BCUT2D eigenvalue weighted by atomic mass is 10.1. The van der Waals surface area contributed by atoms with Gasteiger partial charge in [0.05, 0.1) is 25.1 Å². The molecule has 1 aromatic heterocycles. The Labute approximate surface area is 224 Å². The van der Waals surface area contributed by atoms with Crippen molar-refractivity contribution in [3.8, 4) is 0 Å². The number of rotatable bonds is 9. The fraction of sp³-hybridized carbons (Fsp3) is 0.185. The SMILES string of the molecule is CCOC(=O)c1ccc(NC(=O)CC2C(=O)N(Cc3ccccc3)C(=S)N2NC(=O)c2ccccn2)cc1. The molecule has 1 aliphatic rings. The molecule has 2 aromatic carbocycles. The molecule has 0 bridgehead atoms. The summed E-state index contributed by atoms with van der Waals surface area (Å²) in [7, 11) is 0. The monoisotopic (exact) mass is 531 g/mol. The number of nitrogens with zero attached hydrogens (tertiary/aromatic N) is 3. The summed E-state index contributed by atoms with van der Waals surface area (Å²) in [6.45, 7) is 2.15. The van der Waals surface area contributed by atoms with Crippen molar-refractivity contribution in [2.45, 2.75) is 25.9 Å². The number of benzene rings is 2. The van der Waals surface area contributed by atoms with Gasteiger partial charge in [-0.2, -0.15) is 0 Å². The number of carbonyl (C=O) groups excluding carboxylic acids is 4. The number of aromatic nitrogens is 1. The van der Waals surface area contributed by atoms with Crippen LogP contribution in [0.15, 0.2) is 79.0 Å². The fourth-order valence-corrected chi connectivity index (χ4v) is 4.15. The minimum atomic E-state index is -1.07. The number of amides is 3. The normalized spacial score (nSPS) is 14.8. The van der Waals surface area contributed by atoms with Crippen LogP contribution in [-0.4, -0.2) is 56.3 Å². The van der Waals surface area contributed by atoms with Crippen LogP contribution >= 0.6 is 12.2 Å². The van der Waals surface area contributed by atoms with E-state index in [9.17, 15) is 19.2 Å². The number of thiocarbonyl (C=S) groups is 1. The predicted octanol–water partition coefficient (Wildman–Crippen LogP) is 2.93. The molecule has 0 radical (unpaired) electrons. The highest BCUT2D eigenvalue weighted by molar-refractivity contribution is 7.80. The molecule has 11 heteroatoms. The van der Waals surface area contributed by atoms with E-state index in [1.54, 1.807) is 31.2 Å². The standard InChI is InChI=1S/C27H25N5O5S/c1-2-37-26(36)19-11-13-20(14-12-19)29-23(33)16-22-25(35)31(17-18-8-4-3-5-9-18)27(38)32(22)30-24(34)21-10-6-7-15-28-21/h3-15,22H,2,16-17H2,1H3,(H,29,33)(H,30,34). The van der Waals surface area contributed by atoms with Crippen LogP contribution in [0.3, 0.4) is 0 Å². The van der Waals surface area contributed by atoms with Crippen molar-refractivity contribution in [3.05, 3.63) is 95.8 Å². The van der Waals surface area contributed by atoms with E-state index in [2.05, 4.69) is 15.7 Å². The van der Waals surface area contributed by atoms with Gasteiger partial charge in [-0.25, -0.2) is 9.80 Å². The summed E-state index contributed by atoms with van der Waals surface area (Å²) in [5.41, 5.74) is 4.39. The van der Waals surface area contributed by atoms with Gasteiger partial charge in [-0.3, -0.25) is 29.7 Å². The molecule has 194 valence electrons. The van der Waals surface area contributed by atoms with E-state index in [-0.39, 0.29) is 30.4 Å². The van der Waals surface area contributed by atoms with Crippen molar-refractivity contribution in [3.63, 3.8) is 0 Å². The summed E-state index contributed by atoms with van der Waals surface area (Å²) < 4.78 is 4.96. The summed E-state index contributed by atoms with van der Waals surface area (Å²) in [6.07, 6.45) is 1.19. The van der Waals surface area contributed by atoms with E-state index < -0.39 is 29.7 Å². The minimum Gasteiger partial charge on any atom is -0.462 e. The number of anilines is 1. The number of nitrogens with one attached hydrogen (secondary N) is 2. The van der Waals surface area contributed by atoms with Gasteiger partial charge >= 0.3 is 5.97 Å². The van der Waals surface area contributed by atoms with Crippen LogP contribution in [0.5, 0.6) is 0 Å². The van der Waals surface area contributed by atoms with Crippen molar-refractivity contribution in [1.82, 2.24) is 20.3 Å². The van der Waals surface area contributed by atoms with E-state index in [4.69, 9.17) is 17.0 Å². The smallest absolute Gasteiger partial charge is 0.338 e. The number of hydrogen-bond donors (Lipinski definition) is 2. The van der Waals surface area contributed by atoms with E-state index in [1.807, 2.05) is 30.3 Å². The molecule has 1 atom stereocenters. The van der Waals surface area contributed by atoms with Crippen LogP contribution in [0.2, 0.25) is 0 Å². The second-order valence-corrected chi connectivity index (χ2v) is 8.65. The van der Waals surface area contributed by atoms with Gasteiger partial charge in [-0.05, 0) is 61.1 Å². The highest BCUT2D eigenvalue weighted by Crippen LogP contribution is 2.22. The van der Waals surface area contributed by atoms with E-state index in [0.717, 1.165) is 5.56 Å². The predicted molar refractivity (Wildman–Crippen MR) is 143 cm³/mol. The second kappa shape index (κ2) is 12.1. The van der Waals surface area contributed by atoms with Gasteiger partial charge in [0, 0.05) is 11.9 Å². The zero-order valence-electron chi connectivity index (χ0n) is 20.5. The van der Waals surface area contributed by atoms with Gasteiger partial charge in [0.2, 0.25) is 5.91 Å². The van der Waals surface area contributed by atoms with Crippen molar-refractivity contribution in [2.24, 2.45) is 0 Å². The lowest BCUT2D eigenvalue weighted by Crippen LogP contribution is -2.49. The van der Waals surface area contributed by atoms with Gasteiger partial charge in [0.1, 0.15) is 11.7 Å². The number of hydrazine groups is 1. The topological polar surface area (TPSA) is 121 Å². The molecule has 4 rings (SSSR count). The largest absolute Gasteiger partial charge is 0.462 e. The molecule has 38 heavy (non-hydrogen) atoms. The Hall–Kier alpha value is -4.64. The molecule has 3 aromatic rings. The third-order valence-electron chi connectivity index (χ3n) is 5.66. The lowest BCUT2D eigenvalue weighted by Gasteiger charge is -2.24. The number of esters is 1. The Morgan fingerprint density at radius 2 is 1.71 bits per heavy atom. The van der Waals surface area contributed by atoms with Gasteiger partial charge in [-0.1, -0.05) is 36.4 Å². The average Bonchev–Trinajstić information content (AvgIpc) is 3.14. The Bertz CT molecular complexity index is 1330. The van der Waals surface area contributed by atoms with E-state index in [1.165, 1.54) is 34.3 Å². The van der Waals surface area contributed by atoms with E-state index >= 15 is 0 Å². The first-order valence-corrected chi connectivity index (χ1v) is 12.3. The maximum absolute atomic E-state index is 13.4. The van der Waals surface area contributed by atoms with Gasteiger partial charge in [-0.15, -0.1) is 0 Å². The van der Waals surface area contributed by atoms with Crippen LogP contribution in [0.4, 0.5) is 5.69 Å². The quantitative estimate of drug-likeness (QED) is 0.319. The summed E-state index contributed by atoms with van der Waals surface area (Å²) in [5, 5.41) is 4.02. The molecule has 0 aliphatic carbocycles. The third-order valence-corrected chi connectivity index (χ3v) is 6.08. The van der Waals surface area contributed by atoms with Gasteiger partial charge < -0.3 is 10.1 Å². The molecule has 2 heterocycles. The minimum absolute atomic E-state index is 0.0692. The summed E-state index contributed by atoms with van der Waals surface area (Å²) in [4.78, 5) is 56.4. The first kappa shape index (κ1) is 26.4. The summed E-state index contributed by atoms with van der Waals surface area (Å²) in [5.74, 6) is -1.93. The molecule has 1 aliphatic heterocycles. The zero-order chi connectivity index (χ0) is 27.1. The molecular formula is C27H25N5O5S. The maximum atomic E-state index is 13.4. The Balaban J connectivity index is 1.50. The molecule has 1 fully saturated rings. The number of ether oxygens (including phenoxy) is 1. The Morgan fingerprint density at radius 1 is 1.00 bits per heavy atom. The van der Waals surface area contributed by atoms with Crippen molar-refractivity contribution in [1.29, 1.82) is 0 Å². The van der Waals surface area contributed by atoms with Gasteiger partial charge in [0.15, 0.2) is 5.11 Å². The Morgan fingerprint density at radius 3 is 2.37 bits per heavy atom. The van der Waals surface area contributed by atoms with Crippen molar-refractivity contribution >= 4 is 46.7 Å². The van der Waals surface area contributed by atoms with Crippen LogP contribution in [0.25, 0.3) is 0 Å². The van der Waals surface area contributed by atoms with Crippen LogP contribution < -0.4 is 10.7 Å². The second-order valence-electron chi connectivity index (χ2n) is 8.28. The highest BCUT2D eigenvalue weighted by Gasteiger charge is 2.44. The molecule has 3 amide bonds. The first-order chi connectivity index (χ1) is 18.4. The lowest BCUT2D eigenvalue weighted by molar-refractivity contribution is -0.131. The molecule has 0 saturated carbocycles. The zero-order valence-corrected chi connectivity index (χ0v) is 21.3. The molecule has 2 N–H and O–H groups in total. The van der Waals surface area contributed by atoms with Crippen LogP contribution in [0, 0.1) is 0 Å². The fourth-order valence-electron chi connectivity index (χ4n) is 3.82. The molecule has 10 nitrogen and oxygen atoms in total. The van der Waals surface area contributed by atoms with Crippen LogP contribution in [-0.2, 0) is 20.9 Å². The average molecular weight is 532 g/mol. The molecule has 0 spiro atoms. The number of hydrogen-bond acceptors (Lipinski definition) is 7. The number of pyridine rings is 1. The highest BCUT2D eigenvalue weighted by atomic mass is 32.1. The van der Waals surface area contributed by atoms with Crippen LogP contribution in [0.1, 0.15) is 39.8 Å². The summed E-state index contributed by atoms with van der Waals surface area (Å²) in [6, 6.07) is 19.2. The van der Waals surface area contributed by atoms with E-state index in [0.29, 0.717) is 11.3 Å². The number of carbonyl (C=O) groups is 4. The Kier molecular flexibility index (Phi) is 8.39. The van der Waals surface area contributed by atoms with Crippen molar-refractivity contribution < 1.29 is 23.9 Å². The maximum Gasteiger partial charge on any atom is 0.338 e. The summed E-state index contributed by atoms with van der Waals surface area (Å²) >= 11 is 5.55. The molecule has 1 saturated heterocycles. The third kappa shape index (κ3) is 6.19. The first-order valence-electron chi connectivity index (χ1n) is 11.8. The van der Waals surface area contributed by atoms with Gasteiger partial charge in [0.25, 0.3) is 11.8 Å². The molecule has 1 unspecified atom stereocenters.